The average molecular weight is 305 g/mol. The lowest BCUT2D eigenvalue weighted by Crippen LogP contribution is -2.57. The van der Waals surface area contributed by atoms with E-state index in [1.165, 1.54) is 18.6 Å². The van der Waals surface area contributed by atoms with E-state index >= 15 is 0 Å². The lowest BCUT2D eigenvalue weighted by atomic mass is 9.97. The third kappa shape index (κ3) is 3.15. The molecule has 0 bridgehead atoms. The first-order valence-corrected chi connectivity index (χ1v) is 8.17. The van der Waals surface area contributed by atoms with E-state index in [1.807, 2.05) is 13.1 Å². The fourth-order valence-electron chi connectivity index (χ4n) is 3.62. The number of anilines is 1. The van der Waals surface area contributed by atoms with Gasteiger partial charge in [0.1, 0.15) is 5.82 Å². The molecule has 2 unspecified atom stereocenters. The van der Waals surface area contributed by atoms with Crippen molar-refractivity contribution >= 4 is 11.6 Å². The van der Waals surface area contributed by atoms with Gasteiger partial charge in [0.25, 0.3) is 0 Å². The van der Waals surface area contributed by atoms with Crippen LogP contribution in [0.3, 0.4) is 0 Å². The second kappa shape index (κ2) is 6.75. The average Bonchev–Trinajstić information content (AvgIpc) is 2.55. The molecule has 2 saturated heterocycles. The Bertz CT molecular complexity index is 536. The van der Waals surface area contributed by atoms with E-state index in [1.54, 1.807) is 11.0 Å². The molecule has 0 radical (unpaired) electrons. The van der Waals surface area contributed by atoms with Crippen molar-refractivity contribution in [3.05, 3.63) is 30.1 Å². The Labute approximate surface area is 131 Å². The summed E-state index contributed by atoms with van der Waals surface area (Å²) >= 11 is 0. The van der Waals surface area contributed by atoms with Gasteiger partial charge in [-0.1, -0.05) is 6.07 Å². The highest BCUT2D eigenvalue weighted by atomic mass is 19.1. The molecule has 1 aromatic carbocycles. The second-order valence-electron chi connectivity index (χ2n) is 6.25. The number of likely N-dealkylation sites (tertiary alicyclic amines) is 1. The fourth-order valence-corrected chi connectivity index (χ4v) is 3.62. The maximum atomic E-state index is 13.4. The maximum Gasteiger partial charge on any atom is 0.244 e. The van der Waals surface area contributed by atoms with Crippen molar-refractivity contribution in [2.24, 2.45) is 0 Å². The quantitative estimate of drug-likeness (QED) is 0.928. The van der Waals surface area contributed by atoms with Crippen molar-refractivity contribution in [3.63, 3.8) is 0 Å². The lowest BCUT2D eigenvalue weighted by Gasteiger charge is -2.42. The van der Waals surface area contributed by atoms with Crippen molar-refractivity contribution < 1.29 is 9.18 Å². The zero-order valence-electron chi connectivity index (χ0n) is 13.1. The molecule has 2 aliphatic heterocycles. The van der Waals surface area contributed by atoms with Gasteiger partial charge in [-0.25, -0.2) is 4.39 Å². The molecule has 2 fully saturated rings. The number of rotatable bonds is 3. The third-order valence-corrected chi connectivity index (χ3v) is 4.83. The summed E-state index contributed by atoms with van der Waals surface area (Å²) in [6, 6.07) is 6.75. The van der Waals surface area contributed by atoms with Crippen molar-refractivity contribution in [3.8, 4) is 0 Å². The van der Waals surface area contributed by atoms with Crippen LogP contribution in [0.1, 0.15) is 25.7 Å². The number of nitrogens with one attached hydrogen (secondary N) is 1. The Morgan fingerprint density at radius 1 is 1.23 bits per heavy atom. The van der Waals surface area contributed by atoms with Gasteiger partial charge in [-0.2, -0.15) is 0 Å². The topological polar surface area (TPSA) is 35.6 Å². The van der Waals surface area contributed by atoms with Gasteiger partial charge in [-0.3, -0.25) is 9.69 Å². The van der Waals surface area contributed by atoms with E-state index in [-0.39, 0.29) is 17.8 Å². The Hall–Kier alpha value is -1.46. The molecular formula is C17H24FN3O. The van der Waals surface area contributed by atoms with Gasteiger partial charge in [0.15, 0.2) is 0 Å². The van der Waals surface area contributed by atoms with Gasteiger partial charge in [-0.05, 0) is 57.5 Å². The van der Waals surface area contributed by atoms with Crippen LogP contribution in [-0.4, -0.2) is 49.6 Å². The van der Waals surface area contributed by atoms with E-state index in [9.17, 15) is 9.18 Å². The Morgan fingerprint density at radius 2 is 2.05 bits per heavy atom. The Morgan fingerprint density at radius 3 is 2.82 bits per heavy atom. The van der Waals surface area contributed by atoms with Crippen LogP contribution in [0.15, 0.2) is 24.3 Å². The predicted molar refractivity (Wildman–Crippen MR) is 85.4 cm³/mol. The molecule has 1 amide bonds. The number of nitrogens with zero attached hydrogens (tertiary/aromatic N) is 2. The van der Waals surface area contributed by atoms with E-state index in [0.29, 0.717) is 18.3 Å². The lowest BCUT2D eigenvalue weighted by molar-refractivity contribution is -0.126. The van der Waals surface area contributed by atoms with E-state index < -0.39 is 0 Å². The molecule has 0 aliphatic carbocycles. The van der Waals surface area contributed by atoms with Crippen molar-refractivity contribution in [1.29, 1.82) is 0 Å². The van der Waals surface area contributed by atoms with Crippen molar-refractivity contribution in [2.75, 3.05) is 31.6 Å². The second-order valence-corrected chi connectivity index (χ2v) is 6.25. The van der Waals surface area contributed by atoms with E-state index in [0.717, 1.165) is 32.4 Å². The molecule has 4 nitrogen and oxygen atoms in total. The highest BCUT2D eigenvalue weighted by Crippen LogP contribution is 2.26. The van der Waals surface area contributed by atoms with Gasteiger partial charge in [0.2, 0.25) is 5.91 Å². The molecule has 0 spiro atoms. The van der Waals surface area contributed by atoms with E-state index in [4.69, 9.17) is 0 Å². The first-order valence-electron chi connectivity index (χ1n) is 8.17. The number of benzene rings is 1. The summed E-state index contributed by atoms with van der Waals surface area (Å²) in [5.74, 6) is -0.172. The molecular weight excluding hydrogens is 281 g/mol. The molecule has 2 aliphatic rings. The molecule has 0 saturated carbocycles. The highest BCUT2D eigenvalue weighted by molar-refractivity contribution is 5.97. The molecule has 120 valence electrons. The highest BCUT2D eigenvalue weighted by Gasteiger charge is 2.35. The van der Waals surface area contributed by atoms with Crippen molar-refractivity contribution in [1.82, 2.24) is 10.2 Å². The van der Waals surface area contributed by atoms with Crippen LogP contribution in [0.5, 0.6) is 0 Å². The smallest absolute Gasteiger partial charge is 0.244 e. The molecule has 2 atom stereocenters. The number of carbonyl (C=O) groups is 1. The normalized spacial score (nSPS) is 27.2. The molecule has 22 heavy (non-hydrogen) atoms. The number of likely N-dealkylation sites (N-methyl/N-ethyl adjacent to an activating group) is 1. The number of carbonyl (C=O) groups excluding carboxylic acids is 1. The number of piperidine rings is 2. The van der Waals surface area contributed by atoms with Crippen LogP contribution < -0.4 is 10.2 Å². The molecule has 3 rings (SSSR count). The minimum atomic E-state index is -0.291. The van der Waals surface area contributed by atoms with Crippen LogP contribution in [0.25, 0.3) is 0 Å². The summed E-state index contributed by atoms with van der Waals surface area (Å²) in [7, 11) is 1.98. The summed E-state index contributed by atoms with van der Waals surface area (Å²) in [4.78, 5) is 16.9. The minimum absolute atomic E-state index is 0.0619. The summed E-state index contributed by atoms with van der Waals surface area (Å²) in [6.45, 7) is 2.58. The fraction of sp³-hybridized carbons (Fsp3) is 0.588. The van der Waals surface area contributed by atoms with Gasteiger partial charge >= 0.3 is 0 Å². The summed E-state index contributed by atoms with van der Waals surface area (Å²) in [5, 5.41) is 3.32. The standard InChI is InChI=1S/C17H24FN3O/c1-19-14-6-3-9-20(12-14)16-8-4-10-21(17(16)22)15-7-2-5-13(18)11-15/h2,5,7,11,14,16,19H,3-4,6,8-10,12H2,1H3. The maximum absolute atomic E-state index is 13.4. The number of amides is 1. The summed E-state index contributed by atoms with van der Waals surface area (Å²) in [6.07, 6.45) is 4.16. The van der Waals surface area contributed by atoms with Crippen LogP contribution in [0, 0.1) is 5.82 Å². The zero-order chi connectivity index (χ0) is 15.5. The number of hydrogen-bond acceptors (Lipinski definition) is 3. The summed E-state index contributed by atoms with van der Waals surface area (Å²) < 4.78 is 13.4. The van der Waals surface area contributed by atoms with E-state index in [2.05, 4.69) is 10.2 Å². The third-order valence-electron chi connectivity index (χ3n) is 4.83. The Kier molecular flexibility index (Phi) is 4.74. The van der Waals surface area contributed by atoms with Gasteiger partial charge < -0.3 is 10.2 Å². The molecule has 5 heteroatoms. The number of hydrogen-bond donors (Lipinski definition) is 1. The zero-order valence-corrected chi connectivity index (χ0v) is 13.1. The molecule has 0 aromatic heterocycles. The van der Waals surface area contributed by atoms with Crippen LogP contribution in [0.2, 0.25) is 0 Å². The van der Waals surface area contributed by atoms with Gasteiger partial charge in [0.05, 0.1) is 6.04 Å². The molecule has 2 heterocycles. The van der Waals surface area contributed by atoms with Crippen LogP contribution in [-0.2, 0) is 4.79 Å². The van der Waals surface area contributed by atoms with Gasteiger partial charge in [-0.15, -0.1) is 0 Å². The first-order chi connectivity index (χ1) is 10.7. The predicted octanol–water partition coefficient (Wildman–Crippen LogP) is 2.00. The minimum Gasteiger partial charge on any atom is -0.316 e. The Balaban J connectivity index is 1.75. The molecule has 1 aromatic rings. The SMILES string of the molecule is CNC1CCCN(C2CCCN(c3cccc(F)c3)C2=O)C1. The van der Waals surface area contributed by atoms with Gasteiger partial charge in [0, 0.05) is 24.8 Å². The van der Waals surface area contributed by atoms with Crippen molar-refractivity contribution in [2.45, 2.75) is 37.8 Å². The molecule has 1 N–H and O–H groups in total. The number of halogens is 1. The monoisotopic (exact) mass is 305 g/mol. The first kappa shape index (κ1) is 15.4. The summed E-state index contributed by atoms with van der Waals surface area (Å²) in [5.41, 5.74) is 0.678. The largest absolute Gasteiger partial charge is 0.316 e. The van der Waals surface area contributed by atoms with Crippen LogP contribution >= 0.6 is 0 Å². The van der Waals surface area contributed by atoms with Crippen LogP contribution in [0.4, 0.5) is 10.1 Å².